The highest BCUT2D eigenvalue weighted by Gasteiger charge is 2.44. The first kappa shape index (κ1) is 28.0. The summed E-state index contributed by atoms with van der Waals surface area (Å²) in [5, 5.41) is 5.73. The lowest BCUT2D eigenvalue weighted by Crippen LogP contribution is -2.26. The van der Waals surface area contributed by atoms with Gasteiger partial charge in [0.2, 0.25) is 0 Å². The van der Waals surface area contributed by atoms with E-state index in [2.05, 4.69) is 167 Å². The zero-order valence-electron chi connectivity index (χ0n) is 28.0. The molecule has 0 radical (unpaired) electrons. The van der Waals surface area contributed by atoms with Crippen molar-refractivity contribution in [3.05, 3.63) is 181 Å². The van der Waals surface area contributed by atoms with Crippen molar-refractivity contribution in [2.75, 3.05) is 4.90 Å². The van der Waals surface area contributed by atoms with Crippen LogP contribution in [0, 0.1) is 0 Å². The van der Waals surface area contributed by atoms with Crippen molar-refractivity contribution in [1.29, 1.82) is 0 Å². The molecule has 4 heteroatoms. The highest BCUT2D eigenvalue weighted by atomic mass is 16.3. The first-order chi connectivity index (χ1) is 25.8. The molecule has 0 spiro atoms. The first-order valence-electron chi connectivity index (χ1n) is 17.9. The second kappa shape index (κ2) is 10.4. The van der Waals surface area contributed by atoms with Crippen LogP contribution in [0.25, 0.3) is 77.7 Å². The summed E-state index contributed by atoms with van der Waals surface area (Å²) in [4.78, 5) is 2.54. The Morgan fingerprint density at radius 3 is 2.17 bits per heavy atom. The number of anilines is 2. The van der Waals surface area contributed by atoms with Gasteiger partial charge < -0.3 is 18.3 Å². The summed E-state index contributed by atoms with van der Waals surface area (Å²) >= 11 is 0. The summed E-state index contributed by atoms with van der Waals surface area (Å²) in [6, 6.07) is 56.5. The number of fused-ring (bicyclic) bond motifs is 13. The van der Waals surface area contributed by atoms with Gasteiger partial charge in [0.25, 0.3) is 0 Å². The molecular formula is C48H30N2O2. The summed E-state index contributed by atoms with van der Waals surface area (Å²) in [5.74, 6) is 0.216. The number of aromatic nitrogens is 1. The normalized spacial score (nSPS) is 16.3. The van der Waals surface area contributed by atoms with Crippen LogP contribution >= 0.6 is 0 Å². The Kier molecular flexibility index (Phi) is 5.58. The van der Waals surface area contributed by atoms with Crippen molar-refractivity contribution in [3.8, 4) is 16.8 Å². The SMILES string of the molecule is C1=CC2c3ccccc3N(c3ccccc3)C2c2c1c1ccccc1n2-c1ccc2c(c1)oc1cccc(-c3ccc4c(c3)oc3ccccc34)c12. The van der Waals surface area contributed by atoms with Gasteiger partial charge >= 0.3 is 0 Å². The van der Waals surface area contributed by atoms with Crippen LogP contribution in [-0.4, -0.2) is 4.57 Å². The van der Waals surface area contributed by atoms with Crippen LogP contribution in [0.4, 0.5) is 11.4 Å². The molecule has 0 saturated heterocycles. The number of para-hydroxylation sites is 4. The summed E-state index contributed by atoms with van der Waals surface area (Å²) < 4.78 is 15.5. The first-order valence-corrected chi connectivity index (χ1v) is 17.9. The number of furan rings is 2. The molecule has 0 saturated carbocycles. The zero-order valence-corrected chi connectivity index (χ0v) is 28.0. The molecule has 7 aromatic carbocycles. The van der Waals surface area contributed by atoms with Crippen LogP contribution in [-0.2, 0) is 0 Å². The lowest BCUT2D eigenvalue weighted by molar-refractivity contribution is 0.635. The average molecular weight is 667 g/mol. The fourth-order valence-corrected chi connectivity index (χ4v) is 9.18. The third-order valence-corrected chi connectivity index (χ3v) is 11.3. The molecule has 2 atom stereocenters. The minimum Gasteiger partial charge on any atom is -0.456 e. The fraction of sp³-hybridized carbons (Fsp3) is 0.0417. The lowest BCUT2D eigenvalue weighted by Gasteiger charge is -2.33. The molecule has 244 valence electrons. The predicted molar refractivity (Wildman–Crippen MR) is 213 cm³/mol. The van der Waals surface area contributed by atoms with E-state index >= 15 is 0 Å². The topological polar surface area (TPSA) is 34.5 Å². The van der Waals surface area contributed by atoms with Crippen LogP contribution in [0.5, 0.6) is 0 Å². The number of rotatable bonds is 3. The molecule has 0 bridgehead atoms. The van der Waals surface area contributed by atoms with Gasteiger partial charge in [-0.3, -0.25) is 0 Å². The van der Waals surface area contributed by atoms with Crippen LogP contribution < -0.4 is 4.90 Å². The summed E-state index contributed by atoms with van der Waals surface area (Å²) in [5.41, 5.74) is 14.4. The molecule has 1 aliphatic carbocycles. The van der Waals surface area contributed by atoms with E-state index in [1.165, 1.54) is 39.1 Å². The molecule has 12 rings (SSSR count). The molecular weight excluding hydrogens is 637 g/mol. The average Bonchev–Trinajstić information content (AvgIpc) is 3.95. The maximum absolute atomic E-state index is 6.71. The lowest BCUT2D eigenvalue weighted by atomic mass is 9.86. The van der Waals surface area contributed by atoms with Gasteiger partial charge in [-0.1, -0.05) is 103 Å². The van der Waals surface area contributed by atoms with E-state index in [1.807, 2.05) is 12.1 Å². The van der Waals surface area contributed by atoms with Crippen molar-refractivity contribution in [2.24, 2.45) is 0 Å². The highest BCUT2D eigenvalue weighted by molar-refractivity contribution is 6.14. The van der Waals surface area contributed by atoms with Crippen molar-refractivity contribution in [1.82, 2.24) is 4.57 Å². The van der Waals surface area contributed by atoms with Crippen LogP contribution in [0.1, 0.15) is 28.8 Å². The van der Waals surface area contributed by atoms with Gasteiger partial charge in [-0.05, 0) is 77.4 Å². The van der Waals surface area contributed by atoms with E-state index in [9.17, 15) is 0 Å². The highest BCUT2D eigenvalue weighted by Crippen LogP contribution is 2.57. The van der Waals surface area contributed by atoms with E-state index in [4.69, 9.17) is 8.83 Å². The zero-order chi connectivity index (χ0) is 33.9. The van der Waals surface area contributed by atoms with Crippen LogP contribution in [0.3, 0.4) is 0 Å². The van der Waals surface area contributed by atoms with Crippen LogP contribution in [0.2, 0.25) is 0 Å². The standard InChI is InChI=1S/C48H30N2O2/c1-2-11-30(12-3-1)49-40-17-7-4-13-33(40)37-25-26-38-34-14-5-8-18-41(34)50(48(38)47(37)49)31-22-24-39-45(28-31)52-43-20-10-16-32(46(39)43)29-21-23-36-35-15-6-9-19-42(35)51-44(36)27-29/h1-28,37,47H. The molecule has 10 aromatic rings. The summed E-state index contributed by atoms with van der Waals surface area (Å²) in [6.07, 6.45) is 4.77. The Morgan fingerprint density at radius 1 is 0.500 bits per heavy atom. The van der Waals surface area contributed by atoms with E-state index < -0.39 is 0 Å². The monoisotopic (exact) mass is 666 g/mol. The van der Waals surface area contributed by atoms with Crippen LogP contribution in [0.15, 0.2) is 173 Å². The molecule has 2 aliphatic rings. The second-order valence-electron chi connectivity index (χ2n) is 14.0. The predicted octanol–water partition coefficient (Wildman–Crippen LogP) is 13.1. The molecule has 0 amide bonds. The van der Waals surface area contributed by atoms with Gasteiger partial charge in [0.05, 0.1) is 17.3 Å². The Labute approximate surface area is 299 Å². The maximum atomic E-state index is 6.71. The molecule has 4 heterocycles. The summed E-state index contributed by atoms with van der Waals surface area (Å²) in [7, 11) is 0. The second-order valence-corrected chi connectivity index (χ2v) is 14.0. The van der Waals surface area contributed by atoms with Gasteiger partial charge in [-0.25, -0.2) is 0 Å². The smallest absolute Gasteiger partial charge is 0.137 e. The van der Waals surface area contributed by atoms with Gasteiger partial charge in [0, 0.05) is 61.5 Å². The van der Waals surface area contributed by atoms with Gasteiger partial charge in [-0.15, -0.1) is 0 Å². The number of hydrogen-bond donors (Lipinski definition) is 0. The molecule has 4 nitrogen and oxygen atoms in total. The maximum Gasteiger partial charge on any atom is 0.137 e. The number of nitrogens with zero attached hydrogens (tertiary/aromatic N) is 2. The molecule has 1 aliphatic heterocycles. The van der Waals surface area contributed by atoms with Crippen molar-refractivity contribution < 1.29 is 8.83 Å². The molecule has 0 fully saturated rings. The van der Waals surface area contributed by atoms with Crippen molar-refractivity contribution in [2.45, 2.75) is 12.0 Å². The van der Waals surface area contributed by atoms with Crippen molar-refractivity contribution in [3.63, 3.8) is 0 Å². The number of benzene rings is 7. The van der Waals surface area contributed by atoms with E-state index in [0.29, 0.717) is 0 Å². The third kappa shape index (κ3) is 3.76. The van der Waals surface area contributed by atoms with E-state index in [-0.39, 0.29) is 12.0 Å². The quantitative estimate of drug-likeness (QED) is 0.188. The molecule has 52 heavy (non-hydrogen) atoms. The van der Waals surface area contributed by atoms with E-state index in [1.54, 1.807) is 0 Å². The number of hydrogen-bond acceptors (Lipinski definition) is 3. The van der Waals surface area contributed by atoms with Gasteiger partial charge in [0.1, 0.15) is 22.3 Å². The molecule has 2 unspecified atom stereocenters. The van der Waals surface area contributed by atoms with Gasteiger partial charge in [0.15, 0.2) is 0 Å². The Morgan fingerprint density at radius 2 is 1.23 bits per heavy atom. The minimum absolute atomic E-state index is 0.0818. The van der Waals surface area contributed by atoms with Crippen molar-refractivity contribution >= 4 is 72.2 Å². The van der Waals surface area contributed by atoms with Gasteiger partial charge in [-0.2, -0.15) is 0 Å². The fourth-order valence-electron chi connectivity index (χ4n) is 9.18. The van der Waals surface area contributed by atoms with E-state index in [0.717, 1.165) is 60.7 Å². The third-order valence-electron chi connectivity index (χ3n) is 11.3. The summed E-state index contributed by atoms with van der Waals surface area (Å²) in [6.45, 7) is 0. The Balaban J connectivity index is 1.06. The Hall–Kier alpha value is -6.78. The molecule has 0 N–H and O–H groups in total. The Bertz CT molecular complexity index is 3100. The minimum atomic E-state index is 0.0818. The largest absolute Gasteiger partial charge is 0.456 e. The molecule has 3 aromatic heterocycles.